The molecule has 1 heterocycles. The molecule has 0 fully saturated rings. The van der Waals surface area contributed by atoms with E-state index in [0.717, 1.165) is 19.2 Å². The topological polar surface area (TPSA) is 75.2 Å². The average Bonchev–Trinajstić information content (AvgIpc) is 2.84. The van der Waals surface area contributed by atoms with E-state index in [4.69, 9.17) is 16.7 Å². The zero-order chi connectivity index (χ0) is 14.2. The maximum absolute atomic E-state index is 14.0. The molecule has 0 unspecified atom stereocenters. The number of halogens is 3. The predicted octanol–water partition coefficient (Wildman–Crippen LogP) is 2.72. The van der Waals surface area contributed by atoms with Crippen LogP contribution in [0, 0.1) is 11.6 Å². The van der Waals surface area contributed by atoms with Crippen LogP contribution < -0.4 is 4.74 Å². The van der Waals surface area contributed by atoms with Crippen molar-refractivity contribution in [3.63, 3.8) is 0 Å². The molecular formula is C11H7ClF2N2O3. The van der Waals surface area contributed by atoms with E-state index in [0.29, 0.717) is 0 Å². The molecular weight excluding hydrogens is 282 g/mol. The third-order valence-corrected chi connectivity index (χ3v) is 2.68. The lowest BCUT2D eigenvalue weighted by Gasteiger charge is -2.08. The summed E-state index contributed by atoms with van der Waals surface area (Å²) in [6, 6.07) is 2.12. The summed E-state index contributed by atoms with van der Waals surface area (Å²) in [5.74, 6) is -3.94. The van der Waals surface area contributed by atoms with Crippen molar-refractivity contribution < 1.29 is 23.4 Å². The summed E-state index contributed by atoms with van der Waals surface area (Å²) in [7, 11) is 1.09. The number of ether oxygens (including phenoxy) is 1. The Balaban J connectivity index is 2.61. The second kappa shape index (κ2) is 4.85. The summed E-state index contributed by atoms with van der Waals surface area (Å²) < 4.78 is 32.0. The minimum atomic E-state index is -1.25. The highest BCUT2D eigenvalue weighted by atomic mass is 35.5. The van der Waals surface area contributed by atoms with Crippen molar-refractivity contribution in [1.29, 1.82) is 0 Å². The number of nitrogens with one attached hydrogen (secondary N) is 1. The van der Waals surface area contributed by atoms with Crippen LogP contribution in [0.2, 0.25) is 5.02 Å². The summed E-state index contributed by atoms with van der Waals surface area (Å²) in [4.78, 5) is 10.7. The van der Waals surface area contributed by atoms with Gasteiger partial charge in [-0.15, -0.1) is 0 Å². The lowest BCUT2D eigenvalue weighted by atomic mass is 10.1. The zero-order valence-electron chi connectivity index (χ0n) is 9.50. The van der Waals surface area contributed by atoms with Gasteiger partial charge in [0, 0.05) is 5.56 Å². The van der Waals surface area contributed by atoms with Crippen LogP contribution in [0.1, 0.15) is 10.5 Å². The number of methoxy groups -OCH3 is 1. The van der Waals surface area contributed by atoms with Crippen LogP contribution in [-0.2, 0) is 0 Å². The normalized spacial score (nSPS) is 10.5. The molecule has 0 saturated heterocycles. The Kier molecular flexibility index (Phi) is 3.39. The molecule has 0 aliphatic heterocycles. The van der Waals surface area contributed by atoms with Gasteiger partial charge in [0.1, 0.15) is 5.69 Å². The van der Waals surface area contributed by atoms with Crippen LogP contribution in [0.15, 0.2) is 12.1 Å². The van der Waals surface area contributed by atoms with Crippen molar-refractivity contribution in [2.75, 3.05) is 7.11 Å². The van der Waals surface area contributed by atoms with Gasteiger partial charge in [-0.05, 0) is 12.1 Å². The van der Waals surface area contributed by atoms with Crippen LogP contribution in [0.3, 0.4) is 0 Å². The van der Waals surface area contributed by atoms with Crippen LogP contribution in [-0.4, -0.2) is 28.4 Å². The number of carboxylic acids is 1. The molecule has 100 valence electrons. The fourth-order valence-corrected chi connectivity index (χ4v) is 1.71. The Morgan fingerprint density at radius 3 is 2.63 bits per heavy atom. The van der Waals surface area contributed by atoms with Gasteiger partial charge in [0.05, 0.1) is 17.8 Å². The van der Waals surface area contributed by atoms with Crippen molar-refractivity contribution in [1.82, 2.24) is 10.2 Å². The summed E-state index contributed by atoms with van der Waals surface area (Å²) in [5, 5.41) is 14.2. The molecule has 0 aliphatic carbocycles. The molecule has 0 atom stereocenters. The van der Waals surface area contributed by atoms with Gasteiger partial charge in [0.25, 0.3) is 0 Å². The van der Waals surface area contributed by atoms with Gasteiger partial charge in [-0.25, -0.2) is 13.6 Å². The number of rotatable bonds is 3. The number of hydrogen-bond donors (Lipinski definition) is 2. The number of carbonyl (C=O) groups is 1. The van der Waals surface area contributed by atoms with Crippen molar-refractivity contribution in [3.8, 4) is 17.0 Å². The number of nitrogens with zero attached hydrogens (tertiary/aromatic N) is 1. The van der Waals surface area contributed by atoms with E-state index < -0.39 is 23.4 Å². The first kappa shape index (κ1) is 13.3. The molecule has 0 saturated carbocycles. The molecule has 5 nitrogen and oxygen atoms in total. The second-order valence-corrected chi connectivity index (χ2v) is 3.95. The quantitative estimate of drug-likeness (QED) is 0.852. The predicted molar refractivity (Wildman–Crippen MR) is 62.5 cm³/mol. The maximum atomic E-state index is 14.0. The number of hydrogen-bond acceptors (Lipinski definition) is 3. The van der Waals surface area contributed by atoms with Gasteiger partial charge in [-0.3, -0.25) is 5.10 Å². The highest BCUT2D eigenvalue weighted by Gasteiger charge is 2.21. The Bertz CT molecular complexity index is 658. The van der Waals surface area contributed by atoms with Crippen LogP contribution in [0.5, 0.6) is 5.75 Å². The zero-order valence-corrected chi connectivity index (χ0v) is 10.3. The number of carboxylic acid groups (broad SMARTS) is 1. The van der Waals surface area contributed by atoms with E-state index in [1.54, 1.807) is 0 Å². The van der Waals surface area contributed by atoms with Gasteiger partial charge in [-0.2, -0.15) is 5.10 Å². The number of benzene rings is 1. The molecule has 0 radical (unpaired) electrons. The number of aromatic carboxylic acids is 1. The number of aromatic nitrogens is 2. The van der Waals surface area contributed by atoms with Gasteiger partial charge < -0.3 is 9.84 Å². The second-order valence-electron chi connectivity index (χ2n) is 3.54. The van der Waals surface area contributed by atoms with E-state index in [2.05, 4.69) is 14.9 Å². The molecule has 0 aliphatic rings. The molecule has 1 aromatic heterocycles. The minimum absolute atomic E-state index is 0.0184. The Morgan fingerprint density at radius 2 is 2.11 bits per heavy atom. The molecule has 0 spiro atoms. The molecule has 2 aromatic rings. The molecule has 2 N–H and O–H groups in total. The van der Waals surface area contributed by atoms with E-state index in [9.17, 15) is 13.6 Å². The third-order valence-electron chi connectivity index (χ3n) is 2.40. The van der Waals surface area contributed by atoms with Gasteiger partial charge in [0.15, 0.2) is 17.4 Å². The van der Waals surface area contributed by atoms with Crippen molar-refractivity contribution in [2.24, 2.45) is 0 Å². The van der Waals surface area contributed by atoms with Crippen molar-refractivity contribution in [3.05, 3.63) is 34.5 Å². The van der Waals surface area contributed by atoms with Crippen LogP contribution >= 0.6 is 11.6 Å². The smallest absolute Gasteiger partial charge is 0.353 e. The van der Waals surface area contributed by atoms with Crippen molar-refractivity contribution in [2.45, 2.75) is 0 Å². The van der Waals surface area contributed by atoms with Gasteiger partial charge in [0.2, 0.25) is 0 Å². The van der Waals surface area contributed by atoms with E-state index in [-0.39, 0.29) is 22.0 Å². The largest absolute Gasteiger partial charge is 0.491 e. The lowest BCUT2D eigenvalue weighted by molar-refractivity contribution is 0.0690. The first-order valence-electron chi connectivity index (χ1n) is 4.96. The Labute approximate surface area is 110 Å². The molecule has 0 bridgehead atoms. The lowest BCUT2D eigenvalue weighted by Crippen LogP contribution is -1.97. The summed E-state index contributed by atoms with van der Waals surface area (Å²) in [6.45, 7) is 0. The summed E-state index contributed by atoms with van der Waals surface area (Å²) in [6.07, 6.45) is 0. The Hall–Kier alpha value is -2.15. The first-order chi connectivity index (χ1) is 8.95. The fraction of sp³-hybridized carbons (Fsp3) is 0.0909. The molecule has 1 aromatic carbocycles. The molecule has 2 rings (SSSR count). The van der Waals surface area contributed by atoms with Crippen molar-refractivity contribution >= 4 is 17.6 Å². The van der Waals surface area contributed by atoms with Crippen LogP contribution in [0.25, 0.3) is 11.3 Å². The summed E-state index contributed by atoms with van der Waals surface area (Å²) in [5.41, 5.74) is -0.407. The van der Waals surface area contributed by atoms with E-state index in [1.807, 2.05) is 0 Å². The highest BCUT2D eigenvalue weighted by molar-refractivity contribution is 6.31. The first-order valence-corrected chi connectivity index (χ1v) is 5.34. The van der Waals surface area contributed by atoms with E-state index >= 15 is 0 Å². The maximum Gasteiger partial charge on any atom is 0.353 e. The van der Waals surface area contributed by atoms with E-state index in [1.165, 1.54) is 0 Å². The Morgan fingerprint density at radius 1 is 1.42 bits per heavy atom. The average molecular weight is 289 g/mol. The monoisotopic (exact) mass is 288 g/mol. The number of H-pyrrole nitrogens is 1. The standard InChI is InChI=1S/C11H7ClF2N2O3/c1-19-10-8(13)4(2-5(12)9(10)14)6-3-7(11(17)18)16-15-6/h2-3H,1H3,(H,15,16)(H,17,18). The molecule has 0 amide bonds. The third kappa shape index (κ3) is 2.24. The highest BCUT2D eigenvalue weighted by Crippen LogP contribution is 2.35. The fourth-order valence-electron chi connectivity index (χ4n) is 1.52. The molecule has 19 heavy (non-hydrogen) atoms. The van der Waals surface area contributed by atoms with Crippen LogP contribution in [0.4, 0.5) is 8.78 Å². The minimum Gasteiger partial charge on any atom is -0.491 e. The summed E-state index contributed by atoms with van der Waals surface area (Å²) >= 11 is 5.61. The van der Waals surface area contributed by atoms with Gasteiger partial charge in [-0.1, -0.05) is 11.6 Å². The molecule has 8 heteroatoms. The SMILES string of the molecule is COc1c(F)c(Cl)cc(-c2cc(C(=O)O)[nH]n2)c1F. The van der Waals surface area contributed by atoms with Gasteiger partial charge >= 0.3 is 5.97 Å². The number of aromatic amines is 1.